The van der Waals surface area contributed by atoms with Crippen LogP contribution < -0.4 is 10.5 Å². The zero-order valence-corrected chi connectivity index (χ0v) is 12.8. The van der Waals surface area contributed by atoms with Gasteiger partial charge in [0, 0.05) is 12.2 Å². The lowest BCUT2D eigenvalue weighted by Crippen LogP contribution is -2.23. The first kappa shape index (κ1) is 15.8. The van der Waals surface area contributed by atoms with Crippen LogP contribution in [-0.2, 0) is 16.6 Å². The fourth-order valence-corrected chi connectivity index (χ4v) is 3.20. The highest BCUT2D eigenvalue weighted by molar-refractivity contribution is 7.89. The molecule has 3 N–H and O–H groups in total. The Bertz CT molecular complexity index is 758. The molecule has 0 heterocycles. The summed E-state index contributed by atoms with van der Waals surface area (Å²) in [5, 5.41) is -0.0495. The van der Waals surface area contributed by atoms with E-state index in [2.05, 4.69) is 4.72 Å². The van der Waals surface area contributed by atoms with Gasteiger partial charge < -0.3 is 5.73 Å². The summed E-state index contributed by atoms with van der Waals surface area (Å²) in [6.45, 7) is 1.77. The number of nitrogens with one attached hydrogen (secondary N) is 1. The van der Waals surface area contributed by atoms with E-state index in [1.54, 1.807) is 13.0 Å². The zero-order chi connectivity index (χ0) is 15.6. The number of benzene rings is 2. The van der Waals surface area contributed by atoms with Gasteiger partial charge in [-0.3, -0.25) is 0 Å². The molecule has 0 aromatic heterocycles. The van der Waals surface area contributed by atoms with Crippen molar-refractivity contribution >= 4 is 27.3 Å². The zero-order valence-electron chi connectivity index (χ0n) is 11.2. The standard InChI is InChI=1S/C14H14ClFN2O2S/c1-9-4-11(17)7-12(5-9)21(19,20)18-8-10-2-3-14(16)13(15)6-10/h2-7,18H,8,17H2,1H3. The number of halogens is 2. The Balaban J connectivity index is 2.19. The van der Waals surface area contributed by atoms with Gasteiger partial charge in [0.1, 0.15) is 5.82 Å². The summed E-state index contributed by atoms with van der Waals surface area (Å²) in [5.41, 5.74) is 7.33. The lowest BCUT2D eigenvalue weighted by atomic mass is 10.2. The summed E-state index contributed by atoms with van der Waals surface area (Å²) in [6.07, 6.45) is 0. The minimum absolute atomic E-state index is 0.0101. The van der Waals surface area contributed by atoms with Crippen molar-refractivity contribution in [2.24, 2.45) is 0 Å². The molecule has 21 heavy (non-hydrogen) atoms. The van der Waals surface area contributed by atoms with Gasteiger partial charge in [0.05, 0.1) is 9.92 Å². The number of sulfonamides is 1. The maximum absolute atomic E-state index is 13.0. The molecule has 0 saturated heterocycles. The topological polar surface area (TPSA) is 72.2 Å². The number of aryl methyl sites for hydroxylation is 1. The highest BCUT2D eigenvalue weighted by Crippen LogP contribution is 2.18. The van der Waals surface area contributed by atoms with Gasteiger partial charge in [-0.05, 0) is 48.4 Å². The maximum atomic E-state index is 13.0. The number of anilines is 1. The second-order valence-electron chi connectivity index (χ2n) is 4.65. The van der Waals surface area contributed by atoms with Crippen molar-refractivity contribution < 1.29 is 12.8 Å². The lowest BCUT2D eigenvalue weighted by molar-refractivity contribution is 0.581. The van der Waals surface area contributed by atoms with E-state index < -0.39 is 15.8 Å². The van der Waals surface area contributed by atoms with Gasteiger partial charge in [-0.2, -0.15) is 0 Å². The van der Waals surface area contributed by atoms with E-state index in [1.165, 1.54) is 30.3 Å². The van der Waals surface area contributed by atoms with Gasteiger partial charge in [-0.15, -0.1) is 0 Å². The first-order valence-electron chi connectivity index (χ1n) is 6.09. The SMILES string of the molecule is Cc1cc(N)cc(S(=O)(=O)NCc2ccc(F)c(Cl)c2)c1. The number of hydrogen-bond donors (Lipinski definition) is 2. The Morgan fingerprint density at radius 1 is 1.24 bits per heavy atom. The number of rotatable bonds is 4. The number of nitrogens with two attached hydrogens (primary N) is 1. The fraction of sp³-hybridized carbons (Fsp3) is 0.143. The predicted octanol–water partition coefficient (Wildman–Crippen LogP) is 2.85. The molecule has 0 spiro atoms. The summed E-state index contributed by atoms with van der Waals surface area (Å²) in [4.78, 5) is 0.0909. The molecular formula is C14H14ClFN2O2S. The van der Waals surface area contributed by atoms with Crippen LogP contribution >= 0.6 is 11.6 Å². The van der Waals surface area contributed by atoms with Crippen LogP contribution in [0.15, 0.2) is 41.3 Å². The average Bonchev–Trinajstić information content (AvgIpc) is 2.39. The van der Waals surface area contributed by atoms with E-state index in [0.717, 1.165) is 5.56 Å². The van der Waals surface area contributed by atoms with E-state index in [4.69, 9.17) is 17.3 Å². The highest BCUT2D eigenvalue weighted by atomic mass is 35.5. The first-order chi connectivity index (χ1) is 9.78. The molecule has 0 aliphatic rings. The molecule has 112 valence electrons. The first-order valence-corrected chi connectivity index (χ1v) is 7.95. The number of hydrogen-bond acceptors (Lipinski definition) is 3. The molecule has 2 aromatic rings. The van der Waals surface area contributed by atoms with Crippen molar-refractivity contribution in [1.82, 2.24) is 4.72 Å². The Hall–Kier alpha value is -1.63. The third kappa shape index (κ3) is 3.93. The van der Waals surface area contributed by atoms with E-state index in [1.807, 2.05) is 0 Å². The van der Waals surface area contributed by atoms with Gasteiger partial charge in [0.15, 0.2) is 0 Å². The van der Waals surface area contributed by atoms with Crippen molar-refractivity contribution in [2.75, 3.05) is 5.73 Å². The molecular weight excluding hydrogens is 315 g/mol. The molecule has 0 fully saturated rings. The number of nitrogen functional groups attached to an aromatic ring is 1. The van der Waals surface area contributed by atoms with Gasteiger partial charge >= 0.3 is 0 Å². The second-order valence-corrected chi connectivity index (χ2v) is 6.83. The third-order valence-corrected chi connectivity index (χ3v) is 4.50. The Morgan fingerprint density at radius 2 is 1.95 bits per heavy atom. The van der Waals surface area contributed by atoms with Crippen LogP contribution in [-0.4, -0.2) is 8.42 Å². The summed E-state index contributed by atoms with van der Waals surface area (Å²) in [7, 11) is -3.69. The van der Waals surface area contributed by atoms with Crippen molar-refractivity contribution in [3.05, 3.63) is 58.4 Å². The average molecular weight is 329 g/mol. The molecule has 7 heteroatoms. The monoisotopic (exact) mass is 328 g/mol. The normalized spacial score (nSPS) is 11.6. The molecule has 0 saturated carbocycles. The molecule has 2 aromatic carbocycles. The Labute approximate surface area is 127 Å². The molecule has 0 bridgehead atoms. The van der Waals surface area contributed by atoms with Gasteiger partial charge in [-0.1, -0.05) is 17.7 Å². The van der Waals surface area contributed by atoms with Crippen LogP contribution in [0, 0.1) is 12.7 Å². The lowest BCUT2D eigenvalue weighted by Gasteiger charge is -2.09. The molecule has 0 radical (unpaired) electrons. The quantitative estimate of drug-likeness (QED) is 0.848. The molecule has 0 aliphatic carbocycles. The van der Waals surface area contributed by atoms with Crippen LogP contribution in [0.1, 0.15) is 11.1 Å². The van der Waals surface area contributed by atoms with Crippen LogP contribution in [0.5, 0.6) is 0 Å². The second kappa shape index (κ2) is 6.01. The summed E-state index contributed by atoms with van der Waals surface area (Å²) in [6, 6.07) is 8.62. The van der Waals surface area contributed by atoms with Crippen molar-refractivity contribution in [1.29, 1.82) is 0 Å². The summed E-state index contributed by atoms with van der Waals surface area (Å²) < 4.78 is 39.8. The minimum atomic E-state index is -3.69. The Morgan fingerprint density at radius 3 is 2.57 bits per heavy atom. The molecule has 0 atom stereocenters. The predicted molar refractivity (Wildman–Crippen MR) is 81.0 cm³/mol. The molecule has 2 rings (SSSR count). The fourth-order valence-electron chi connectivity index (χ4n) is 1.84. The molecule has 0 aliphatic heterocycles. The largest absolute Gasteiger partial charge is 0.399 e. The van der Waals surface area contributed by atoms with E-state index in [-0.39, 0.29) is 16.5 Å². The molecule has 4 nitrogen and oxygen atoms in total. The van der Waals surface area contributed by atoms with Crippen LogP contribution in [0.3, 0.4) is 0 Å². The van der Waals surface area contributed by atoms with Crippen LogP contribution in [0.4, 0.5) is 10.1 Å². The van der Waals surface area contributed by atoms with Crippen molar-refractivity contribution in [3.8, 4) is 0 Å². The maximum Gasteiger partial charge on any atom is 0.240 e. The van der Waals surface area contributed by atoms with E-state index in [0.29, 0.717) is 11.3 Å². The third-order valence-electron chi connectivity index (χ3n) is 2.83. The van der Waals surface area contributed by atoms with Crippen molar-refractivity contribution in [2.45, 2.75) is 18.4 Å². The smallest absolute Gasteiger partial charge is 0.240 e. The summed E-state index contributed by atoms with van der Waals surface area (Å²) in [5.74, 6) is -0.547. The highest BCUT2D eigenvalue weighted by Gasteiger charge is 2.15. The van der Waals surface area contributed by atoms with Crippen LogP contribution in [0.2, 0.25) is 5.02 Å². The van der Waals surface area contributed by atoms with Crippen LogP contribution in [0.25, 0.3) is 0 Å². The van der Waals surface area contributed by atoms with E-state index in [9.17, 15) is 12.8 Å². The minimum Gasteiger partial charge on any atom is -0.399 e. The molecule has 0 unspecified atom stereocenters. The van der Waals surface area contributed by atoms with Crippen molar-refractivity contribution in [3.63, 3.8) is 0 Å². The van der Waals surface area contributed by atoms with Gasteiger partial charge in [-0.25, -0.2) is 17.5 Å². The van der Waals surface area contributed by atoms with Gasteiger partial charge in [0.2, 0.25) is 10.0 Å². The van der Waals surface area contributed by atoms with E-state index >= 15 is 0 Å². The van der Waals surface area contributed by atoms with Gasteiger partial charge in [0.25, 0.3) is 0 Å². The summed E-state index contributed by atoms with van der Waals surface area (Å²) >= 11 is 5.65. The molecule has 0 amide bonds. The Kier molecular flexibility index (Phi) is 4.51.